The molecule has 1 aromatic heterocycles. The molecule has 0 radical (unpaired) electrons. The second kappa shape index (κ2) is 6.12. The first-order chi connectivity index (χ1) is 10.2. The molecule has 0 aliphatic carbocycles. The van der Waals surface area contributed by atoms with Gasteiger partial charge in [0.05, 0.1) is 11.9 Å². The number of halogens is 2. The van der Waals surface area contributed by atoms with Crippen LogP contribution in [0, 0.1) is 0 Å². The van der Waals surface area contributed by atoms with Gasteiger partial charge in [0.15, 0.2) is 0 Å². The van der Waals surface area contributed by atoms with Crippen molar-refractivity contribution in [1.82, 2.24) is 9.97 Å². The Bertz CT molecular complexity index is 762. The molecule has 0 saturated heterocycles. The summed E-state index contributed by atoms with van der Waals surface area (Å²) >= 11 is 12.0. The van der Waals surface area contributed by atoms with Gasteiger partial charge in [0.25, 0.3) is 0 Å². The molecule has 3 nitrogen and oxygen atoms in total. The summed E-state index contributed by atoms with van der Waals surface area (Å²) < 4.78 is 0. The Morgan fingerprint density at radius 2 is 1.67 bits per heavy atom. The number of aromatic amines is 1. The van der Waals surface area contributed by atoms with Crippen molar-refractivity contribution in [2.24, 2.45) is 4.99 Å². The van der Waals surface area contributed by atoms with Crippen molar-refractivity contribution in [3.63, 3.8) is 0 Å². The standard InChI is InChI=1S/C16H11Cl2N3/c17-12-6-8-13(9-7-12)19-10-14-15(18)21-16(20-14)11-4-2-1-3-5-11/h1-10H,(H,20,21). The van der Waals surface area contributed by atoms with Crippen LogP contribution in [0.2, 0.25) is 10.2 Å². The van der Waals surface area contributed by atoms with Gasteiger partial charge >= 0.3 is 0 Å². The van der Waals surface area contributed by atoms with Crippen molar-refractivity contribution in [2.45, 2.75) is 0 Å². The van der Waals surface area contributed by atoms with Crippen LogP contribution in [-0.2, 0) is 0 Å². The zero-order valence-corrected chi connectivity index (χ0v) is 12.4. The summed E-state index contributed by atoms with van der Waals surface area (Å²) in [5.41, 5.74) is 2.37. The highest BCUT2D eigenvalue weighted by Crippen LogP contribution is 2.21. The number of aliphatic imine (C=N–C) groups is 1. The summed E-state index contributed by atoms with van der Waals surface area (Å²) in [6, 6.07) is 17.0. The molecular weight excluding hydrogens is 305 g/mol. The SMILES string of the molecule is Clc1ccc(N=Cc2nc(-c3ccccc3)[nH]c2Cl)cc1. The maximum atomic E-state index is 6.16. The molecule has 104 valence electrons. The smallest absolute Gasteiger partial charge is 0.139 e. The fourth-order valence-electron chi connectivity index (χ4n) is 1.85. The van der Waals surface area contributed by atoms with Crippen LogP contribution in [-0.4, -0.2) is 16.2 Å². The van der Waals surface area contributed by atoms with Crippen molar-refractivity contribution in [3.8, 4) is 11.4 Å². The predicted molar refractivity (Wildman–Crippen MR) is 87.7 cm³/mol. The molecule has 2 aromatic carbocycles. The van der Waals surface area contributed by atoms with Crippen molar-refractivity contribution >= 4 is 35.1 Å². The zero-order valence-electron chi connectivity index (χ0n) is 10.9. The number of nitrogens with one attached hydrogen (secondary N) is 1. The van der Waals surface area contributed by atoms with E-state index < -0.39 is 0 Å². The van der Waals surface area contributed by atoms with Gasteiger partial charge in [0, 0.05) is 10.6 Å². The highest BCUT2D eigenvalue weighted by molar-refractivity contribution is 6.32. The molecule has 0 saturated carbocycles. The lowest BCUT2D eigenvalue weighted by Gasteiger charge is -1.93. The van der Waals surface area contributed by atoms with Crippen LogP contribution in [0.15, 0.2) is 59.6 Å². The third kappa shape index (κ3) is 3.32. The molecular formula is C16H11Cl2N3. The Labute approximate surface area is 132 Å². The lowest BCUT2D eigenvalue weighted by molar-refractivity contribution is 1.30. The van der Waals surface area contributed by atoms with Gasteiger partial charge in [-0.3, -0.25) is 4.99 Å². The summed E-state index contributed by atoms with van der Waals surface area (Å²) in [4.78, 5) is 11.8. The molecule has 3 rings (SSSR count). The number of benzene rings is 2. The minimum Gasteiger partial charge on any atom is -0.328 e. The van der Waals surface area contributed by atoms with Gasteiger partial charge in [0.2, 0.25) is 0 Å². The quantitative estimate of drug-likeness (QED) is 0.668. The maximum absolute atomic E-state index is 6.16. The van der Waals surface area contributed by atoms with Gasteiger partial charge < -0.3 is 4.98 Å². The van der Waals surface area contributed by atoms with Crippen molar-refractivity contribution in [1.29, 1.82) is 0 Å². The summed E-state index contributed by atoms with van der Waals surface area (Å²) in [7, 11) is 0. The Kier molecular flexibility index (Phi) is 4.04. The normalized spacial score (nSPS) is 11.1. The lowest BCUT2D eigenvalue weighted by atomic mass is 10.2. The summed E-state index contributed by atoms with van der Waals surface area (Å²) in [5, 5.41) is 1.14. The lowest BCUT2D eigenvalue weighted by Crippen LogP contribution is -1.82. The number of nitrogens with zero attached hydrogens (tertiary/aromatic N) is 2. The maximum Gasteiger partial charge on any atom is 0.139 e. The van der Waals surface area contributed by atoms with Crippen LogP contribution in [0.25, 0.3) is 11.4 Å². The van der Waals surface area contributed by atoms with E-state index in [-0.39, 0.29) is 0 Å². The predicted octanol–water partition coefficient (Wildman–Crippen LogP) is 5.13. The van der Waals surface area contributed by atoms with E-state index >= 15 is 0 Å². The zero-order chi connectivity index (χ0) is 14.7. The first kappa shape index (κ1) is 13.9. The van der Waals surface area contributed by atoms with Gasteiger partial charge in [-0.05, 0) is 24.3 Å². The highest BCUT2D eigenvalue weighted by Gasteiger charge is 2.07. The molecule has 0 aliphatic rings. The molecule has 0 unspecified atom stereocenters. The average Bonchev–Trinajstić information content (AvgIpc) is 2.89. The molecule has 0 atom stereocenters. The van der Waals surface area contributed by atoms with Gasteiger partial charge in [-0.25, -0.2) is 4.98 Å². The summed E-state index contributed by atoms with van der Waals surface area (Å²) in [6.45, 7) is 0. The minimum absolute atomic E-state index is 0.464. The van der Waals surface area contributed by atoms with Gasteiger partial charge in [-0.15, -0.1) is 0 Å². The van der Waals surface area contributed by atoms with E-state index in [0.29, 0.717) is 15.9 Å². The first-order valence-corrected chi connectivity index (χ1v) is 7.08. The van der Waals surface area contributed by atoms with E-state index in [4.69, 9.17) is 23.2 Å². The van der Waals surface area contributed by atoms with Crippen LogP contribution in [0.5, 0.6) is 0 Å². The molecule has 1 N–H and O–H groups in total. The molecule has 1 heterocycles. The Balaban J connectivity index is 1.86. The molecule has 0 aliphatic heterocycles. The molecule has 0 spiro atoms. The van der Waals surface area contributed by atoms with Crippen LogP contribution < -0.4 is 0 Å². The third-order valence-corrected chi connectivity index (χ3v) is 3.44. The van der Waals surface area contributed by atoms with Crippen molar-refractivity contribution in [2.75, 3.05) is 0 Å². The van der Waals surface area contributed by atoms with Gasteiger partial charge in [-0.1, -0.05) is 53.5 Å². The number of rotatable bonds is 3. The second-order valence-corrected chi connectivity index (χ2v) is 5.20. The Hall–Kier alpha value is -2.10. The number of hydrogen-bond donors (Lipinski definition) is 1. The van der Waals surface area contributed by atoms with E-state index in [2.05, 4.69) is 15.0 Å². The number of aromatic nitrogens is 2. The van der Waals surface area contributed by atoms with Crippen LogP contribution in [0.3, 0.4) is 0 Å². The minimum atomic E-state index is 0.464. The number of hydrogen-bond acceptors (Lipinski definition) is 2. The van der Waals surface area contributed by atoms with E-state index in [1.807, 2.05) is 42.5 Å². The van der Waals surface area contributed by atoms with E-state index in [1.165, 1.54) is 0 Å². The van der Waals surface area contributed by atoms with E-state index in [0.717, 1.165) is 17.1 Å². The Morgan fingerprint density at radius 1 is 0.952 bits per heavy atom. The molecule has 5 heteroatoms. The van der Waals surface area contributed by atoms with Crippen LogP contribution in [0.1, 0.15) is 5.69 Å². The fraction of sp³-hybridized carbons (Fsp3) is 0. The molecule has 0 fully saturated rings. The largest absolute Gasteiger partial charge is 0.328 e. The topological polar surface area (TPSA) is 41.0 Å². The monoisotopic (exact) mass is 315 g/mol. The van der Waals surface area contributed by atoms with Crippen LogP contribution >= 0.6 is 23.2 Å². The van der Waals surface area contributed by atoms with Crippen LogP contribution in [0.4, 0.5) is 5.69 Å². The average molecular weight is 316 g/mol. The molecule has 3 aromatic rings. The Morgan fingerprint density at radius 3 is 2.38 bits per heavy atom. The number of H-pyrrole nitrogens is 1. The number of imidazole rings is 1. The first-order valence-electron chi connectivity index (χ1n) is 6.33. The van der Waals surface area contributed by atoms with Gasteiger partial charge in [-0.2, -0.15) is 0 Å². The third-order valence-electron chi connectivity index (χ3n) is 2.90. The molecule has 0 amide bonds. The molecule has 0 bridgehead atoms. The van der Waals surface area contributed by atoms with E-state index in [9.17, 15) is 0 Å². The highest BCUT2D eigenvalue weighted by atomic mass is 35.5. The van der Waals surface area contributed by atoms with Crippen molar-refractivity contribution in [3.05, 3.63) is 70.5 Å². The molecule has 21 heavy (non-hydrogen) atoms. The summed E-state index contributed by atoms with van der Waals surface area (Å²) in [5.74, 6) is 0.721. The second-order valence-electron chi connectivity index (χ2n) is 4.39. The fourth-order valence-corrected chi connectivity index (χ4v) is 2.15. The van der Waals surface area contributed by atoms with E-state index in [1.54, 1.807) is 18.3 Å². The van der Waals surface area contributed by atoms with Gasteiger partial charge in [0.1, 0.15) is 16.7 Å². The summed E-state index contributed by atoms with van der Waals surface area (Å²) in [6.07, 6.45) is 1.63. The van der Waals surface area contributed by atoms with Crippen molar-refractivity contribution < 1.29 is 0 Å².